The van der Waals surface area contributed by atoms with E-state index in [4.69, 9.17) is 29.7 Å². The van der Waals surface area contributed by atoms with E-state index in [-0.39, 0.29) is 74.4 Å². The number of aliphatic carboxylic acids is 3. The van der Waals surface area contributed by atoms with E-state index in [0.717, 1.165) is 18.2 Å². The van der Waals surface area contributed by atoms with Gasteiger partial charge < -0.3 is 29.7 Å². The molecule has 0 heterocycles. The van der Waals surface area contributed by atoms with Crippen molar-refractivity contribution >= 4 is 41.0 Å². The van der Waals surface area contributed by atoms with E-state index < -0.39 is 17.9 Å². The van der Waals surface area contributed by atoms with Crippen LogP contribution in [-0.4, -0.2) is 41.0 Å². The maximum Gasteiger partial charge on any atom is 2.00 e. The minimum absolute atomic E-state index is 0. The largest absolute Gasteiger partial charge is 2.00 e. The van der Waals surface area contributed by atoms with Gasteiger partial charge in [0.25, 0.3) is 0 Å². The molecular formula is C9H9KMgO6. The molecule has 8 heteroatoms. The molecule has 0 radical (unpaired) electrons. The normalized spacial score (nSPS) is 5.65. The Labute approximate surface area is 158 Å². The molecule has 0 fully saturated rings. The second kappa shape index (κ2) is 25.0. The van der Waals surface area contributed by atoms with Crippen molar-refractivity contribution in [2.45, 2.75) is 0 Å². The molecule has 0 spiro atoms. The Bertz CT molecular complexity index is 221. The van der Waals surface area contributed by atoms with Crippen LogP contribution in [0.15, 0.2) is 38.0 Å². The fraction of sp³-hybridized carbons (Fsp3) is 0. The van der Waals surface area contributed by atoms with Crippen LogP contribution >= 0.6 is 0 Å². The molecule has 0 saturated carbocycles. The number of carbonyl (C=O) groups excluding carboxylic acids is 3. The average molecular weight is 277 g/mol. The van der Waals surface area contributed by atoms with E-state index in [9.17, 15) is 0 Å². The maximum absolute atomic E-state index is 9.14. The first-order valence-electron chi connectivity index (χ1n) is 3.32. The van der Waals surface area contributed by atoms with E-state index in [0.29, 0.717) is 0 Å². The van der Waals surface area contributed by atoms with Crippen LogP contribution in [0.1, 0.15) is 0 Å². The van der Waals surface area contributed by atoms with Gasteiger partial charge in [-0.2, -0.15) is 0 Å². The topological polar surface area (TPSA) is 120 Å². The second-order valence-corrected chi connectivity index (χ2v) is 1.57. The number of hydrogen-bond donors (Lipinski definition) is 0. The molecule has 0 bridgehead atoms. The van der Waals surface area contributed by atoms with Gasteiger partial charge in [0.15, 0.2) is 0 Å². The molecule has 0 aliphatic carbocycles. The van der Waals surface area contributed by atoms with Gasteiger partial charge in [-0.3, -0.25) is 0 Å². The zero-order valence-corrected chi connectivity index (χ0v) is 14.0. The third kappa shape index (κ3) is 86.8. The summed E-state index contributed by atoms with van der Waals surface area (Å²) in [5, 5.41) is 27.4. The van der Waals surface area contributed by atoms with Crippen molar-refractivity contribution in [1.29, 1.82) is 0 Å². The van der Waals surface area contributed by atoms with Crippen LogP contribution in [0, 0.1) is 0 Å². The number of carboxylic acids is 3. The van der Waals surface area contributed by atoms with Gasteiger partial charge in [-0.25, -0.2) is 0 Å². The summed E-state index contributed by atoms with van der Waals surface area (Å²) in [7, 11) is 0. The van der Waals surface area contributed by atoms with E-state index in [2.05, 4.69) is 19.7 Å². The van der Waals surface area contributed by atoms with Gasteiger partial charge in [0.1, 0.15) is 0 Å². The predicted octanol–water partition coefficient (Wildman–Crippen LogP) is -6.61. The first kappa shape index (κ1) is 30.2. The van der Waals surface area contributed by atoms with Crippen LogP contribution in [-0.2, 0) is 14.4 Å². The molecule has 0 rings (SSSR count). The average Bonchev–Trinajstić information content (AvgIpc) is 2.19. The van der Waals surface area contributed by atoms with Crippen LogP contribution in [0.2, 0.25) is 0 Å². The standard InChI is InChI=1S/3C3H4O2.K.Mg/c3*1-2-3(4)5;;/h3*2H,1H2,(H,4,5);;/q;;;+1;+2/p-3. The molecule has 0 saturated heterocycles. The molecule has 0 aliphatic heterocycles. The monoisotopic (exact) mass is 276 g/mol. The minimum Gasteiger partial charge on any atom is -0.545 e. The molecule has 0 amide bonds. The Morgan fingerprint density at radius 3 is 0.765 bits per heavy atom. The summed E-state index contributed by atoms with van der Waals surface area (Å²) in [5.74, 6) is -3.69. The number of carbonyl (C=O) groups is 3. The number of hydrogen-bond acceptors (Lipinski definition) is 6. The minimum atomic E-state index is -1.23. The molecule has 0 aromatic carbocycles. The molecule has 0 atom stereocenters. The van der Waals surface area contributed by atoms with E-state index in [1.807, 2.05) is 0 Å². The van der Waals surface area contributed by atoms with Crippen molar-refractivity contribution in [3.8, 4) is 0 Å². The smallest absolute Gasteiger partial charge is 0.545 e. The zero-order valence-electron chi connectivity index (χ0n) is 9.51. The Hall–Kier alpha value is 0.0326. The Balaban J connectivity index is -0.0000000400. The van der Waals surface area contributed by atoms with Gasteiger partial charge in [-0.1, -0.05) is 19.7 Å². The summed E-state index contributed by atoms with van der Waals surface area (Å²) in [6.07, 6.45) is 2.17. The summed E-state index contributed by atoms with van der Waals surface area (Å²) in [5.41, 5.74) is 0. The second-order valence-electron chi connectivity index (χ2n) is 1.57. The molecule has 0 aromatic rings. The summed E-state index contributed by atoms with van der Waals surface area (Å²) in [4.78, 5) is 27.4. The zero-order chi connectivity index (χ0) is 12.9. The van der Waals surface area contributed by atoms with Crippen molar-refractivity contribution < 1.29 is 81.1 Å². The fourth-order valence-electron chi connectivity index (χ4n) is 0. The summed E-state index contributed by atoms with van der Waals surface area (Å²) in [6.45, 7) is 8.69. The number of rotatable bonds is 3. The van der Waals surface area contributed by atoms with Gasteiger partial charge in [-0.05, 0) is 18.2 Å². The van der Waals surface area contributed by atoms with Crippen LogP contribution in [0.3, 0.4) is 0 Å². The SMILES string of the molecule is C=CC(=O)[O-].C=CC(=O)[O-].C=CC(=O)[O-].[K+].[Mg+2]. The van der Waals surface area contributed by atoms with Crippen molar-refractivity contribution in [3.05, 3.63) is 38.0 Å². The molecule has 0 unspecified atom stereocenters. The molecule has 6 nitrogen and oxygen atoms in total. The summed E-state index contributed by atoms with van der Waals surface area (Å²) >= 11 is 0. The van der Waals surface area contributed by atoms with Crippen LogP contribution in [0.25, 0.3) is 0 Å². The quantitative estimate of drug-likeness (QED) is 0.373. The Kier molecular flexibility index (Phi) is 44.5. The van der Waals surface area contributed by atoms with Crippen LogP contribution in [0.4, 0.5) is 0 Å². The molecule has 84 valence electrons. The molecule has 0 N–H and O–H groups in total. The van der Waals surface area contributed by atoms with Gasteiger partial charge in [0.05, 0.1) is 17.9 Å². The van der Waals surface area contributed by atoms with E-state index in [1.165, 1.54) is 0 Å². The first-order valence-corrected chi connectivity index (χ1v) is 3.32. The summed E-state index contributed by atoms with van der Waals surface area (Å²) < 4.78 is 0. The summed E-state index contributed by atoms with van der Waals surface area (Å²) in [6, 6.07) is 0. The maximum atomic E-state index is 9.14. The molecule has 17 heavy (non-hydrogen) atoms. The van der Waals surface area contributed by atoms with Gasteiger partial charge in [-0.15, -0.1) is 0 Å². The van der Waals surface area contributed by atoms with Crippen molar-refractivity contribution in [1.82, 2.24) is 0 Å². The van der Waals surface area contributed by atoms with Crippen molar-refractivity contribution in [2.75, 3.05) is 0 Å². The molecule has 0 aliphatic rings. The first-order chi connectivity index (χ1) is 6.81. The predicted molar refractivity (Wildman–Crippen MR) is 51.4 cm³/mol. The Morgan fingerprint density at radius 2 is 0.765 bits per heavy atom. The molecular weight excluding hydrogens is 267 g/mol. The van der Waals surface area contributed by atoms with Gasteiger partial charge in [0, 0.05) is 0 Å². The third-order valence-corrected chi connectivity index (χ3v) is 0.500. The third-order valence-electron chi connectivity index (χ3n) is 0.500. The van der Waals surface area contributed by atoms with Gasteiger partial charge >= 0.3 is 74.4 Å². The van der Waals surface area contributed by atoms with E-state index in [1.54, 1.807) is 0 Å². The Morgan fingerprint density at radius 1 is 0.706 bits per heavy atom. The fourth-order valence-corrected chi connectivity index (χ4v) is 0. The van der Waals surface area contributed by atoms with Crippen molar-refractivity contribution in [3.63, 3.8) is 0 Å². The van der Waals surface area contributed by atoms with Crippen LogP contribution in [0.5, 0.6) is 0 Å². The van der Waals surface area contributed by atoms with Crippen LogP contribution < -0.4 is 66.7 Å². The van der Waals surface area contributed by atoms with E-state index >= 15 is 0 Å². The number of carboxylic acid groups (broad SMARTS) is 3. The molecule has 0 aromatic heterocycles. The van der Waals surface area contributed by atoms with Gasteiger partial charge in [0.2, 0.25) is 0 Å². The van der Waals surface area contributed by atoms with Crippen molar-refractivity contribution in [2.24, 2.45) is 0 Å².